The second-order valence-electron chi connectivity index (χ2n) is 13.6. The molecule has 10 heteroatoms. The third-order valence-corrected chi connectivity index (χ3v) is 9.33. The standard InChI is InChI=1S/C44H77O9P/c1-3-5-7-9-11-13-15-16-17-18-19-20-21-22-23-24-25-27-29-31-33-35-37-50-40-43(41-52-54(48,49)51-39-42(46)38-45)53-44(47)36-34-32-30-28-26-14-12-10-8-6-4-2/h5,7,10-13,16-17,19-20,22-23,42-43,45-46H,3-4,6,8-9,14-15,18,21,24-41H2,1-2H3,(H,48,49)/b7-5-,12-10-,13-11-,17-16-,20-19-,23-22-. The van der Waals surface area contributed by atoms with Gasteiger partial charge in [-0.25, -0.2) is 4.57 Å². The molecule has 3 atom stereocenters. The molecule has 0 aromatic carbocycles. The summed E-state index contributed by atoms with van der Waals surface area (Å²) in [7, 11) is -4.52. The minimum absolute atomic E-state index is 0.0318. The van der Waals surface area contributed by atoms with Crippen LogP contribution < -0.4 is 0 Å². The summed E-state index contributed by atoms with van der Waals surface area (Å²) in [5, 5.41) is 18.3. The first-order valence-corrected chi connectivity index (χ1v) is 22.4. The van der Waals surface area contributed by atoms with Crippen molar-refractivity contribution >= 4 is 13.8 Å². The molecule has 0 saturated carbocycles. The molecule has 312 valence electrons. The molecule has 0 amide bonds. The fourth-order valence-electron chi connectivity index (χ4n) is 5.18. The maximum Gasteiger partial charge on any atom is 0.472 e. The van der Waals surface area contributed by atoms with Gasteiger partial charge in [0.25, 0.3) is 0 Å². The molecule has 0 heterocycles. The number of carbonyl (C=O) groups is 1. The van der Waals surface area contributed by atoms with Crippen LogP contribution in [-0.4, -0.2) is 66.3 Å². The maximum absolute atomic E-state index is 12.6. The number of allylic oxidation sites excluding steroid dienone is 12. The highest BCUT2D eigenvalue weighted by Gasteiger charge is 2.26. The van der Waals surface area contributed by atoms with Crippen LogP contribution in [0.1, 0.15) is 155 Å². The van der Waals surface area contributed by atoms with Crippen LogP contribution in [0, 0.1) is 0 Å². The first kappa shape index (κ1) is 51.9. The van der Waals surface area contributed by atoms with Gasteiger partial charge in [-0.1, -0.05) is 145 Å². The third-order valence-electron chi connectivity index (χ3n) is 8.38. The molecular weight excluding hydrogens is 703 g/mol. The molecular formula is C44H77O9P. The highest BCUT2D eigenvalue weighted by Crippen LogP contribution is 2.43. The lowest BCUT2D eigenvalue weighted by Crippen LogP contribution is -2.29. The van der Waals surface area contributed by atoms with Gasteiger partial charge in [0.05, 0.1) is 26.4 Å². The fraction of sp³-hybridized carbons (Fsp3) is 0.705. The first-order valence-electron chi connectivity index (χ1n) is 20.9. The smallest absolute Gasteiger partial charge is 0.457 e. The van der Waals surface area contributed by atoms with Crippen LogP contribution in [0.25, 0.3) is 0 Å². The fourth-order valence-corrected chi connectivity index (χ4v) is 5.97. The molecule has 0 aliphatic carbocycles. The number of ether oxygens (including phenoxy) is 2. The predicted octanol–water partition coefficient (Wildman–Crippen LogP) is 11.4. The van der Waals surface area contributed by atoms with E-state index < -0.39 is 45.8 Å². The third kappa shape index (κ3) is 39.6. The normalized spacial score (nSPS) is 14.8. The topological polar surface area (TPSA) is 132 Å². The van der Waals surface area contributed by atoms with Gasteiger partial charge in [-0.3, -0.25) is 13.8 Å². The summed E-state index contributed by atoms with van der Waals surface area (Å²) in [6, 6.07) is 0. The van der Waals surface area contributed by atoms with Crippen LogP contribution in [-0.2, 0) is 27.9 Å². The van der Waals surface area contributed by atoms with Crippen molar-refractivity contribution in [3.05, 3.63) is 72.9 Å². The van der Waals surface area contributed by atoms with Crippen LogP contribution in [0.2, 0.25) is 0 Å². The van der Waals surface area contributed by atoms with E-state index >= 15 is 0 Å². The Labute approximate surface area is 329 Å². The van der Waals surface area contributed by atoms with Crippen molar-refractivity contribution < 1.29 is 43.0 Å². The molecule has 3 unspecified atom stereocenters. The number of aliphatic hydroxyl groups excluding tert-OH is 2. The van der Waals surface area contributed by atoms with Crippen molar-refractivity contribution in [3.63, 3.8) is 0 Å². The van der Waals surface area contributed by atoms with E-state index in [1.54, 1.807) is 0 Å². The summed E-state index contributed by atoms with van der Waals surface area (Å²) in [6.45, 7) is 3.29. The van der Waals surface area contributed by atoms with E-state index in [-0.39, 0.29) is 13.0 Å². The molecule has 0 aliphatic rings. The Kier molecular flexibility index (Phi) is 39.0. The largest absolute Gasteiger partial charge is 0.472 e. The van der Waals surface area contributed by atoms with E-state index in [4.69, 9.17) is 23.6 Å². The number of rotatable bonds is 39. The summed E-state index contributed by atoms with van der Waals surface area (Å²) in [4.78, 5) is 22.5. The number of carbonyl (C=O) groups excluding carboxylic acids is 1. The van der Waals surface area contributed by atoms with Crippen LogP contribution >= 0.6 is 7.82 Å². The Hall–Kier alpha value is -2.10. The molecule has 54 heavy (non-hydrogen) atoms. The predicted molar refractivity (Wildman–Crippen MR) is 223 cm³/mol. The summed E-state index contributed by atoms with van der Waals surface area (Å²) in [6.07, 6.45) is 47.2. The number of esters is 1. The molecule has 0 fully saturated rings. The van der Waals surface area contributed by atoms with Crippen molar-refractivity contribution in [2.24, 2.45) is 0 Å². The van der Waals surface area contributed by atoms with E-state index in [2.05, 4.69) is 86.8 Å². The van der Waals surface area contributed by atoms with Crippen molar-refractivity contribution in [3.8, 4) is 0 Å². The monoisotopic (exact) mass is 781 g/mol. The van der Waals surface area contributed by atoms with Crippen molar-refractivity contribution in [1.29, 1.82) is 0 Å². The van der Waals surface area contributed by atoms with Crippen LogP contribution in [0.3, 0.4) is 0 Å². The SMILES string of the molecule is CC/C=C\C/C=C\C/C=C\C/C=C\C/C=C\CCCCCCCCOCC(COP(=O)(O)OCC(O)CO)OC(=O)CCCCCCC/C=C\CCCC. The average molecular weight is 781 g/mol. The Balaban J connectivity index is 4.19. The Morgan fingerprint density at radius 3 is 1.61 bits per heavy atom. The van der Waals surface area contributed by atoms with Gasteiger partial charge in [0.1, 0.15) is 12.2 Å². The molecule has 0 saturated heterocycles. The molecule has 3 N–H and O–H groups in total. The lowest BCUT2D eigenvalue weighted by molar-refractivity contribution is -0.154. The van der Waals surface area contributed by atoms with Crippen molar-refractivity contribution in [2.45, 2.75) is 167 Å². The number of hydrogen-bond acceptors (Lipinski definition) is 8. The van der Waals surface area contributed by atoms with Gasteiger partial charge in [-0.05, 0) is 77.0 Å². The van der Waals surface area contributed by atoms with E-state index in [0.29, 0.717) is 13.0 Å². The minimum Gasteiger partial charge on any atom is -0.457 e. The summed E-state index contributed by atoms with van der Waals surface area (Å²) < 4.78 is 33.3. The summed E-state index contributed by atoms with van der Waals surface area (Å²) in [5.74, 6) is -0.403. The van der Waals surface area contributed by atoms with Gasteiger partial charge in [0.15, 0.2) is 0 Å². The lowest BCUT2D eigenvalue weighted by atomic mass is 10.1. The number of unbranched alkanes of at least 4 members (excludes halogenated alkanes) is 13. The molecule has 0 radical (unpaired) electrons. The zero-order valence-corrected chi connectivity index (χ0v) is 34.8. The van der Waals surface area contributed by atoms with E-state index in [1.165, 1.54) is 32.1 Å². The second kappa shape index (κ2) is 40.6. The zero-order chi connectivity index (χ0) is 39.6. The van der Waals surface area contributed by atoms with Gasteiger partial charge < -0.3 is 24.6 Å². The van der Waals surface area contributed by atoms with Crippen molar-refractivity contribution in [2.75, 3.05) is 33.0 Å². The first-order chi connectivity index (χ1) is 26.3. The van der Waals surface area contributed by atoms with Gasteiger partial charge in [0, 0.05) is 13.0 Å². The molecule has 9 nitrogen and oxygen atoms in total. The molecule has 0 aromatic rings. The molecule has 0 rings (SSSR count). The summed E-state index contributed by atoms with van der Waals surface area (Å²) >= 11 is 0. The van der Waals surface area contributed by atoms with Gasteiger partial charge in [-0.15, -0.1) is 0 Å². The van der Waals surface area contributed by atoms with E-state index in [9.17, 15) is 19.4 Å². The van der Waals surface area contributed by atoms with Crippen LogP contribution in [0.15, 0.2) is 72.9 Å². The molecule has 0 aromatic heterocycles. The zero-order valence-electron chi connectivity index (χ0n) is 33.9. The van der Waals surface area contributed by atoms with Gasteiger partial charge >= 0.3 is 13.8 Å². The lowest BCUT2D eigenvalue weighted by Gasteiger charge is -2.20. The Morgan fingerprint density at radius 1 is 0.593 bits per heavy atom. The number of aliphatic hydroxyl groups is 2. The van der Waals surface area contributed by atoms with Gasteiger partial charge in [-0.2, -0.15) is 0 Å². The molecule has 0 bridgehead atoms. The average Bonchev–Trinajstić information content (AvgIpc) is 3.16. The minimum atomic E-state index is -4.52. The molecule has 0 aliphatic heterocycles. The number of hydrogen-bond donors (Lipinski definition) is 3. The van der Waals surface area contributed by atoms with E-state index in [0.717, 1.165) is 96.3 Å². The van der Waals surface area contributed by atoms with E-state index in [1.807, 2.05) is 0 Å². The Morgan fingerprint density at radius 2 is 1.06 bits per heavy atom. The van der Waals surface area contributed by atoms with Crippen LogP contribution in [0.4, 0.5) is 0 Å². The quantitative estimate of drug-likeness (QED) is 0.0241. The number of phosphoric ester groups is 1. The van der Waals surface area contributed by atoms with Crippen LogP contribution in [0.5, 0.6) is 0 Å². The second-order valence-corrected chi connectivity index (χ2v) is 15.1. The van der Waals surface area contributed by atoms with Crippen molar-refractivity contribution in [1.82, 2.24) is 0 Å². The van der Waals surface area contributed by atoms with Gasteiger partial charge in [0.2, 0.25) is 0 Å². The number of phosphoric acid groups is 1. The molecule has 0 spiro atoms. The highest BCUT2D eigenvalue weighted by atomic mass is 31.2. The highest BCUT2D eigenvalue weighted by molar-refractivity contribution is 7.47. The maximum atomic E-state index is 12.6. The Bertz CT molecular complexity index is 1070. The summed E-state index contributed by atoms with van der Waals surface area (Å²) in [5.41, 5.74) is 0.